The predicted octanol–water partition coefficient (Wildman–Crippen LogP) is 3.65. The molecule has 0 saturated heterocycles. The quantitative estimate of drug-likeness (QED) is 0.746. The van der Waals surface area contributed by atoms with Crippen molar-refractivity contribution in [2.45, 2.75) is 6.04 Å². The highest BCUT2D eigenvalue weighted by Crippen LogP contribution is 2.20. The molecule has 4 nitrogen and oxygen atoms in total. The predicted molar refractivity (Wildman–Crippen MR) is 89.2 cm³/mol. The zero-order chi connectivity index (χ0) is 16.1. The fourth-order valence-corrected chi connectivity index (χ4v) is 2.36. The van der Waals surface area contributed by atoms with E-state index in [-0.39, 0.29) is 11.9 Å². The maximum atomic E-state index is 12.5. The first-order chi connectivity index (χ1) is 11.2. The summed E-state index contributed by atoms with van der Waals surface area (Å²) in [5.74, 6) is -0.228. The molecule has 0 saturated carbocycles. The van der Waals surface area contributed by atoms with Gasteiger partial charge in [0, 0.05) is 12.4 Å². The molecule has 2 aromatic heterocycles. The van der Waals surface area contributed by atoms with Crippen LogP contribution in [-0.4, -0.2) is 15.9 Å². The van der Waals surface area contributed by atoms with Crippen LogP contribution in [0.4, 0.5) is 0 Å². The number of nitrogens with one attached hydrogen (secondary N) is 1. The number of carbonyl (C=O) groups is 1. The van der Waals surface area contributed by atoms with Gasteiger partial charge >= 0.3 is 0 Å². The van der Waals surface area contributed by atoms with Crippen molar-refractivity contribution >= 4 is 17.5 Å². The highest BCUT2D eigenvalue weighted by molar-refractivity contribution is 6.29. The Balaban J connectivity index is 1.90. The lowest BCUT2D eigenvalue weighted by atomic mass is 10.0. The van der Waals surface area contributed by atoms with Crippen LogP contribution in [0.3, 0.4) is 0 Å². The van der Waals surface area contributed by atoms with Crippen LogP contribution in [0.2, 0.25) is 5.15 Å². The minimum atomic E-state index is -0.333. The number of pyridine rings is 2. The lowest BCUT2D eigenvalue weighted by Gasteiger charge is -2.18. The van der Waals surface area contributed by atoms with E-state index in [1.54, 1.807) is 18.3 Å². The lowest BCUT2D eigenvalue weighted by Crippen LogP contribution is -2.30. The molecule has 0 spiro atoms. The number of aromatic nitrogens is 2. The molecule has 23 heavy (non-hydrogen) atoms. The van der Waals surface area contributed by atoms with Gasteiger partial charge < -0.3 is 5.32 Å². The molecule has 3 aromatic rings. The maximum absolute atomic E-state index is 12.5. The second kappa shape index (κ2) is 7.03. The summed E-state index contributed by atoms with van der Waals surface area (Å²) in [7, 11) is 0. The molecule has 0 fully saturated rings. The van der Waals surface area contributed by atoms with E-state index in [4.69, 9.17) is 11.6 Å². The average molecular weight is 324 g/mol. The first-order valence-electron chi connectivity index (χ1n) is 7.12. The van der Waals surface area contributed by atoms with Crippen molar-refractivity contribution in [3.05, 3.63) is 95.0 Å². The molecule has 0 radical (unpaired) electrons. The van der Waals surface area contributed by atoms with Crippen molar-refractivity contribution in [1.82, 2.24) is 15.3 Å². The summed E-state index contributed by atoms with van der Waals surface area (Å²) in [5.41, 5.74) is 2.18. The summed E-state index contributed by atoms with van der Waals surface area (Å²) >= 11 is 5.76. The van der Waals surface area contributed by atoms with Crippen LogP contribution in [0.1, 0.15) is 27.7 Å². The van der Waals surface area contributed by atoms with Gasteiger partial charge in [-0.2, -0.15) is 0 Å². The highest BCUT2D eigenvalue weighted by Gasteiger charge is 2.18. The molecule has 0 bridgehead atoms. The van der Waals surface area contributed by atoms with Crippen molar-refractivity contribution in [2.24, 2.45) is 0 Å². The first-order valence-corrected chi connectivity index (χ1v) is 7.50. The van der Waals surface area contributed by atoms with Crippen LogP contribution in [0.25, 0.3) is 0 Å². The third-order valence-corrected chi connectivity index (χ3v) is 3.61. The topological polar surface area (TPSA) is 54.9 Å². The van der Waals surface area contributed by atoms with Gasteiger partial charge in [0.05, 0.1) is 17.3 Å². The van der Waals surface area contributed by atoms with E-state index >= 15 is 0 Å². The van der Waals surface area contributed by atoms with Gasteiger partial charge in [0.25, 0.3) is 5.91 Å². The number of halogens is 1. The standard InChI is InChI=1S/C18H14ClN3O/c19-16-10-9-14(12-21-16)18(23)22-17(13-6-2-1-3-7-13)15-8-4-5-11-20-15/h1-12,17H,(H,22,23). The number of benzene rings is 1. The largest absolute Gasteiger partial charge is 0.339 e. The van der Waals surface area contributed by atoms with Crippen molar-refractivity contribution in [2.75, 3.05) is 0 Å². The molecule has 1 aromatic carbocycles. The summed E-state index contributed by atoms with van der Waals surface area (Å²) < 4.78 is 0. The van der Waals surface area contributed by atoms with Gasteiger partial charge in [-0.3, -0.25) is 9.78 Å². The van der Waals surface area contributed by atoms with Crippen LogP contribution in [0.15, 0.2) is 73.1 Å². The van der Waals surface area contributed by atoms with Crippen molar-refractivity contribution in [3.8, 4) is 0 Å². The Bertz CT molecular complexity index is 737. The number of rotatable bonds is 4. The molecule has 5 heteroatoms. The molecule has 1 amide bonds. The van der Waals surface area contributed by atoms with Crippen molar-refractivity contribution in [3.63, 3.8) is 0 Å². The second-order valence-corrected chi connectivity index (χ2v) is 5.33. The van der Waals surface area contributed by atoms with Crippen LogP contribution < -0.4 is 5.32 Å². The summed E-state index contributed by atoms with van der Waals surface area (Å²) in [6.07, 6.45) is 3.17. The average Bonchev–Trinajstić information content (AvgIpc) is 2.61. The smallest absolute Gasteiger partial charge is 0.253 e. The van der Waals surface area contributed by atoms with E-state index in [9.17, 15) is 4.79 Å². The molecule has 1 unspecified atom stereocenters. The minimum absolute atomic E-state index is 0.228. The van der Waals surface area contributed by atoms with Crippen LogP contribution >= 0.6 is 11.6 Å². The SMILES string of the molecule is O=C(NC(c1ccccc1)c1ccccn1)c1ccc(Cl)nc1. The van der Waals surface area contributed by atoms with Gasteiger partial charge in [-0.25, -0.2) is 4.98 Å². The van der Waals surface area contributed by atoms with Gasteiger partial charge in [0.2, 0.25) is 0 Å². The number of hydrogen-bond donors (Lipinski definition) is 1. The normalized spacial score (nSPS) is 11.7. The number of nitrogens with zero attached hydrogens (tertiary/aromatic N) is 2. The second-order valence-electron chi connectivity index (χ2n) is 4.94. The molecular formula is C18H14ClN3O. The highest BCUT2D eigenvalue weighted by atomic mass is 35.5. The molecule has 1 atom stereocenters. The molecule has 0 aliphatic heterocycles. The Morgan fingerprint density at radius 1 is 0.957 bits per heavy atom. The van der Waals surface area contributed by atoms with E-state index in [2.05, 4.69) is 15.3 Å². The maximum Gasteiger partial charge on any atom is 0.253 e. The number of carbonyl (C=O) groups excluding carboxylic acids is 1. The fraction of sp³-hybridized carbons (Fsp3) is 0.0556. The molecule has 0 aliphatic rings. The number of amides is 1. The van der Waals surface area contributed by atoms with Crippen LogP contribution in [-0.2, 0) is 0 Å². The summed E-state index contributed by atoms with van der Waals surface area (Å²) in [4.78, 5) is 20.8. The molecule has 114 valence electrons. The lowest BCUT2D eigenvalue weighted by molar-refractivity contribution is 0.0942. The van der Waals surface area contributed by atoms with E-state index in [0.717, 1.165) is 11.3 Å². The van der Waals surface area contributed by atoms with Crippen LogP contribution in [0.5, 0.6) is 0 Å². The Morgan fingerprint density at radius 2 is 1.74 bits per heavy atom. The van der Waals surface area contributed by atoms with Gasteiger partial charge in [-0.1, -0.05) is 48.0 Å². The van der Waals surface area contributed by atoms with Crippen LogP contribution in [0, 0.1) is 0 Å². The zero-order valence-electron chi connectivity index (χ0n) is 12.2. The Morgan fingerprint density at radius 3 is 2.39 bits per heavy atom. The van der Waals surface area contributed by atoms with E-state index in [1.165, 1.54) is 6.20 Å². The molecule has 0 aliphatic carbocycles. The third-order valence-electron chi connectivity index (χ3n) is 3.38. The minimum Gasteiger partial charge on any atom is -0.339 e. The number of hydrogen-bond acceptors (Lipinski definition) is 3. The van der Waals surface area contributed by atoms with Gasteiger partial charge in [0.15, 0.2) is 0 Å². The molecule has 3 rings (SSSR count). The van der Waals surface area contributed by atoms with E-state index in [1.807, 2.05) is 48.5 Å². The third kappa shape index (κ3) is 3.73. The molecular weight excluding hydrogens is 310 g/mol. The van der Waals surface area contributed by atoms with Gasteiger partial charge in [-0.05, 0) is 29.8 Å². The first kappa shape index (κ1) is 15.2. The Kier molecular flexibility index (Phi) is 4.64. The van der Waals surface area contributed by atoms with Crippen molar-refractivity contribution < 1.29 is 4.79 Å². The monoisotopic (exact) mass is 323 g/mol. The molecule has 1 N–H and O–H groups in total. The summed E-state index contributed by atoms with van der Waals surface area (Å²) in [5, 5.41) is 3.35. The van der Waals surface area contributed by atoms with Gasteiger partial charge in [-0.15, -0.1) is 0 Å². The van der Waals surface area contributed by atoms with E-state index < -0.39 is 0 Å². The molecule has 2 heterocycles. The van der Waals surface area contributed by atoms with Gasteiger partial charge in [0.1, 0.15) is 5.15 Å². The van der Waals surface area contributed by atoms with E-state index in [0.29, 0.717) is 10.7 Å². The van der Waals surface area contributed by atoms with Crippen molar-refractivity contribution in [1.29, 1.82) is 0 Å². The zero-order valence-corrected chi connectivity index (χ0v) is 12.9. The summed E-state index contributed by atoms with van der Waals surface area (Å²) in [6, 6.07) is 18.2. The fourth-order valence-electron chi connectivity index (χ4n) is 2.24. The summed E-state index contributed by atoms with van der Waals surface area (Å²) in [6.45, 7) is 0. The Hall–Kier alpha value is -2.72. The Labute approximate surface area is 139 Å².